The van der Waals surface area contributed by atoms with E-state index in [1.807, 2.05) is 32.9 Å². The number of carbonyl (C=O) groups excluding carboxylic acids is 2. The van der Waals surface area contributed by atoms with Gasteiger partial charge in [-0.25, -0.2) is 13.2 Å². The van der Waals surface area contributed by atoms with E-state index in [2.05, 4.69) is 10.3 Å². The number of unbranched alkanes of at least 4 members (excludes halogenated alkanes) is 2. The van der Waals surface area contributed by atoms with Gasteiger partial charge in [-0.15, -0.1) is 11.8 Å². The molecule has 1 amide bonds. The number of amides is 1. The Balaban J connectivity index is 1.35. The van der Waals surface area contributed by atoms with Crippen LogP contribution in [-0.2, 0) is 37.2 Å². The van der Waals surface area contributed by atoms with E-state index in [1.54, 1.807) is 30.3 Å². The molecular formula is C35H47N3O6S2. The van der Waals surface area contributed by atoms with Crippen molar-refractivity contribution in [3.63, 3.8) is 0 Å². The fourth-order valence-electron chi connectivity index (χ4n) is 6.23. The lowest BCUT2D eigenvalue weighted by molar-refractivity contribution is -0.142. The lowest BCUT2D eigenvalue weighted by Crippen LogP contribution is -2.57. The summed E-state index contributed by atoms with van der Waals surface area (Å²) in [4.78, 5) is 43.3. The van der Waals surface area contributed by atoms with E-state index in [9.17, 15) is 27.9 Å². The predicted molar refractivity (Wildman–Crippen MR) is 183 cm³/mol. The molecule has 1 saturated heterocycles. The van der Waals surface area contributed by atoms with Crippen molar-refractivity contribution < 1.29 is 27.9 Å². The fourth-order valence-corrected chi connectivity index (χ4v) is 10.0. The summed E-state index contributed by atoms with van der Waals surface area (Å²) >= 11 is 1.40. The Labute approximate surface area is 277 Å². The normalized spacial score (nSPS) is 20.5. The second-order valence-corrected chi connectivity index (χ2v) is 16.4. The number of sulfonamides is 1. The Morgan fingerprint density at radius 2 is 1.72 bits per heavy atom. The molecule has 2 aromatic carbocycles. The Morgan fingerprint density at radius 3 is 2.35 bits per heavy atom. The Kier molecular flexibility index (Phi) is 12.6. The van der Waals surface area contributed by atoms with Gasteiger partial charge in [0, 0.05) is 36.3 Å². The summed E-state index contributed by atoms with van der Waals surface area (Å²) in [6.07, 6.45) is 8.88. The van der Waals surface area contributed by atoms with Crippen LogP contribution in [0.5, 0.6) is 0 Å². The Hall–Kier alpha value is -3.02. The zero-order valence-electron chi connectivity index (χ0n) is 27.1. The summed E-state index contributed by atoms with van der Waals surface area (Å²) < 4.78 is 28.0. The number of nitrogens with one attached hydrogen (secondary N) is 1. The lowest BCUT2D eigenvalue weighted by Gasteiger charge is -2.32. The number of thioether (sulfide) groups is 1. The van der Waals surface area contributed by atoms with Gasteiger partial charge in [0.15, 0.2) is 0 Å². The van der Waals surface area contributed by atoms with Crippen molar-refractivity contribution in [3.8, 4) is 0 Å². The van der Waals surface area contributed by atoms with Gasteiger partial charge in [0.25, 0.3) is 0 Å². The van der Waals surface area contributed by atoms with E-state index in [-0.39, 0.29) is 17.1 Å². The molecule has 2 aliphatic rings. The van der Waals surface area contributed by atoms with Crippen LogP contribution < -0.4 is 5.32 Å². The molecule has 3 atom stereocenters. The maximum Gasteiger partial charge on any atom is 0.326 e. The number of aliphatic imine (C=N–C) groups is 1. The molecule has 46 heavy (non-hydrogen) atoms. The second kappa shape index (κ2) is 16.2. The molecule has 0 bridgehead atoms. The molecular weight excluding hydrogens is 623 g/mol. The Bertz CT molecular complexity index is 1490. The molecule has 2 aliphatic heterocycles. The van der Waals surface area contributed by atoms with Crippen molar-refractivity contribution in [1.29, 1.82) is 0 Å². The number of aliphatic carboxylic acids is 1. The molecule has 250 valence electrons. The molecule has 0 aromatic heterocycles. The quantitative estimate of drug-likeness (QED) is 0.216. The van der Waals surface area contributed by atoms with E-state index >= 15 is 0 Å². The van der Waals surface area contributed by atoms with E-state index in [0.717, 1.165) is 44.2 Å². The topological polar surface area (TPSA) is 133 Å². The molecule has 0 radical (unpaired) electrons. The minimum Gasteiger partial charge on any atom is -0.480 e. The second-order valence-electron chi connectivity index (χ2n) is 12.7. The monoisotopic (exact) mass is 669 g/mol. The standard InChI is InChI=1S/C35H47N3O6S2/c1-4-31-38(46(43,44)29-16-9-6-10-17-29)32(35(2,3)45-31)33(40)37-30(34(41)42)24-26-20-18-25(19-21-26)23-28(39)15-8-5-7-13-27-14-11-12-22-36-27/h6,9-10,16-21,30-32H,4-5,7-8,11-15,22-24H2,1-3H3,(H,37,40)(H,41,42)/t30-,31?,32+/m0/s1. The average Bonchev–Trinajstić information content (AvgIpc) is 3.33. The van der Waals surface area contributed by atoms with E-state index < -0.39 is 44.1 Å². The number of nitrogens with zero attached hydrogens (tertiary/aromatic N) is 2. The molecule has 2 N–H and O–H groups in total. The number of hydrogen-bond donors (Lipinski definition) is 2. The van der Waals surface area contributed by atoms with Crippen LogP contribution in [0.2, 0.25) is 0 Å². The lowest BCUT2D eigenvalue weighted by atomic mass is 9.98. The molecule has 1 unspecified atom stereocenters. The highest BCUT2D eigenvalue weighted by atomic mass is 32.2. The number of carboxylic acid groups (broad SMARTS) is 1. The number of carbonyl (C=O) groups is 3. The number of hydrogen-bond acceptors (Lipinski definition) is 7. The minimum absolute atomic E-state index is 0.0174. The van der Waals surface area contributed by atoms with Crippen molar-refractivity contribution in [2.24, 2.45) is 4.99 Å². The van der Waals surface area contributed by atoms with Crippen LogP contribution in [0.25, 0.3) is 0 Å². The molecule has 0 spiro atoms. The third-order valence-corrected chi connectivity index (χ3v) is 12.3. The van der Waals surface area contributed by atoms with Crippen LogP contribution in [0.4, 0.5) is 0 Å². The maximum atomic E-state index is 13.8. The number of carboxylic acids is 1. The Morgan fingerprint density at radius 1 is 1.02 bits per heavy atom. The van der Waals surface area contributed by atoms with Crippen LogP contribution in [0, 0.1) is 0 Å². The highest BCUT2D eigenvalue weighted by Crippen LogP contribution is 2.48. The number of rotatable bonds is 16. The van der Waals surface area contributed by atoms with Crippen molar-refractivity contribution in [3.05, 3.63) is 65.7 Å². The zero-order valence-corrected chi connectivity index (χ0v) is 28.7. The van der Waals surface area contributed by atoms with Crippen LogP contribution in [0.1, 0.15) is 89.7 Å². The highest BCUT2D eigenvalue weighted by Gasteiger charge is 2.55. The van der Waals surface area contributed by atoms with Crippen molar-refractivity contribution >= 4 is 45.2 Å². The largest absolute Gasteiger partial charge is 0.480 e. The molecule has 2 heterocycles. The highest BCUT2D eigenvalue weighted by molar-refractivity contribution is 8.02. The van der Waals surface area contributed by atoms with E-state index in [4.69, 9.17) is 0 Å². The van der Waals surface area contributed by atoms with Crippen LogP contribution in [0.15, 0.2) is 64.5 Å². The van der Waals surface area contributed by atoms with Gasteiger partial charge in [0.05, 0.1) is 10.3 Å². The first-order chi connectivity index (χ1) is 21.9. The number of benzene rings is 2. The molecule has 2 aromatic rings. The van der Waals surface area contributed by atoms with Gasteiger partial charge in [-0.2, -0.15) is 4.31 Å². The minimum atomic E-state index is -4.04. The summed E-state index contributed by atoms with van der Waals surface area (Å²) in [6.45, 7) is 6.45. The van der Waals surface area contributed by atoms with Gasteiger partial charge in [-0.1, -0.05) is 55.8 Å². The van der Waals surface area contributed by atoms with Crippen LogP contribution in [0.3, 0.4) is 0 Å². The summed E-state index contributed by atoms with van der Waals surface area (Å²) in [7, 11) is -4.04. The molecule has 1 fully saturated rings. The smallest absolute Gasteiger partial charge is 0.326 e. The third-order valence-electron chi connectivity index (χ3n) is 8.66. The van der Waals surface area contributed by atoms with E-state index in [1.165, 1.54) is 46.8 Å². The number of ketones is 1. The first-order valence-electron chi connectivity index (χ1n) is 16.3. The van der Waals surface area contributed by atoms with Gasteiger partial charge < -0.3 is 10.4 Å². The van der Waals surface area contributed by atoms with Gasteiger partial charge >= 0.3 is 5.97 Å². The summed E-state index contributed by atoms with van der Waals surface area (Å²) in [5.41, 5.74) is 2.87. The van der Waals surface area contributed by atoms with Gasteiger partial charge in [-0.05, 0) is 82.1 Å². The first kappa shape index (κ1) is 35.8. The molecule has 9 nitrogen and oxygen atoms in total. The molecule has 0 aliphatic carbocycles. The van der Waals surface area contributed by atoms with E-state index in [0.29, 0.717) is 24.8 Å². The van der Waals surface area contributed by atoms with Crippen molar-refractivity contribution in [2.45, 2.75) is 119 Å². The van der Waals surface area contributed by atoms with Crippen LogP contribution >= 0.6 is 11.8 Å². The molecule has 4 rings (SSSR count). The van der Waals surface area contributed by atoms with Gasteiger partial charge in [-0.3, -0.25) is 14.6 Å². The number of Topliss-reactive ketones (excluding diaryl/α,β-unsaturated/α-hetero) is 1. The van der Waals surface area contributed by atoms with Crippen molar-refractivity contribution in [2.75, 3.05) is 6.54 Å². The maximum absolute atomic E-state index is 13.8. The SMILES string of the molecule is CCC1SC(C)(C)[C@@H](C(=O)N[C@@H](Cc2ccc(CC(=O)CCCCCC3=NCCCC3)cc2)C(=O)O)N1S(=O)(=O)c1ccccc1. The van der Waals surface area contributed by atoms with Gasteiger partial charge in [0.1, 0.15) is 17.9 Å². The molecule has 11 heteroatoms. The van der Waals surface area contributed by atoms with Crippen molar-refractivity contribution in [1.82, 2.24) is 9.62 Å². The fraction of sp³-hybridized carbons (Fsp3) is 0.543. The summed E-state index contributed by atoms with van der Waals surface area (Å²) in [5.74, 6) is -1.68. The third kappa shape index (κ3) is 9.29. The molecule has 0 saturated carbocycles. The van der Waals surface area contributed by atoms with Crippen LogP contribution in [-0.4, -0.2) is 70.0 Å². The predicted octanol–water partition coefficient (Wildman–Crippen LogP) is 5.81. The summed E-state index contributed by atoms with van der Waals surface area (Å²) in [5, 5.41) is 12.2. The zero-order chi connectivity index (χ0) is 33.3. The summed E-state index contributed by atoms with van der Waals surface area (Å²) in [6, 6.07) is 12.8. The van der Waals surface area contributed by atoms with Gasteiger partial charge in [0.2, 0.25) is 15.9 Å². The average molecular weight is 670 g/mol. The first-order valence-corrected chi connectivity index (χ1v) is 18.7.